The van der Waals surface area contributed by atoms with Crippen LogP contribution in [0.1, 0.15) is 10.4 Å². The quantitative estimate of drug-likeness (QED) is 0.519. The molecule has 3 aromatic rings. The molecule has 0 radical (unpaired) electrons. The summed E-state index contributed by atoms with van der Waals surface area (Å²) in [6.07, 6.45) is 0. The van der Waals surface area contributed by atoms with Gasteiger partial charge in [0.15, 0.2) is 0 Å². The lowest BCUT2D eigenvalue weighted by atomic mass is 10.1. The average molecular weight is 455 g/mol. The molecule has 8 heteroatoms. The number of hydrogen-bond donors (Lipinski definition) is 1. The van der Waals surface area contributed by atoms with E-state index in [1.165, 1.54) is 23.3 Å². The number of halogens is 1. The number of carbonyl (C=O) groups excluding carboxylic acids is 2. The maximum Gasteiger partial charge on any atom is 0.278 e. The van der Waals surface area contributed by atoms with Gasteiger partial charge in [-0.2, -0.15) is 0 Å². The van der Waals surface area contributed by atoms with Crippen LogP contribution in [0.3, 0.4) is 0 Å². The van der Waals surface area contributed by atoms with Crippen LogP contribution in [0.4, 0.5) is 5.69 Å². The first-order valence-electron chi connectivity index (χ1n) is 9.40. The summed E-state index contributed by atoms with van der Waals surface area (Å²) in [6, 6.07) is 16.0. The van der Waals surface area contributed by atoms with E-state index in [2.05, 4.69) is 5.32 Å². The Kier molecular flexibility index (Phi) is 5.97. The number of methoxy groups -OCH3 is 2. The number of ether oxygens (including phenoxy) is 2. The van der Waals surface area contributed by atoms with Crippen LogP contribution in [-0.4, -0.2) is 30.9 Å². The summed E-state index contributed by atoms with van der Waals surface area (Å²) in [5, 5.41) is 5.48. The zero-order valence-electron chi connectivity index (χ0n) is 16.8. The van der Waals surface area contributed by atoms with Crippen molar-refractivity contribution in [1.82, 2.24) is 4.90 Å². The van der Waals surface area contributed by atoms with Crippen molar-refractivity contribution in [2.45, 2.75) is 6.54 Å². The molecule has 31 heavy (non-hydrogen) atoms. The van der Waals surface area contributed by atoms with Gasteiger partial charge in [0.05, 0.1) is 32.0 Å². The van der Waals surface area contributed by atoms with E-state index in [0.29, 0.717) is 38.2 Å². The van der Waals surface area contributed by atoms with Gasteiger partial charge in [0.25, 0.3) is 11.8 Å². The van der Waals surface area contributed by atoms with Crippen LogP contribution in [0.25, 0.3) is 5.57 Å². The van der Waals surface area contributed by atoms with Crippen molar-refractivity contribution < 1.29 is 19.1 Å². The highest BCUT2D eigenvalue weighted by atomic mass is 35.5. The third-order valence-corrected chi connectivity index (χ3v) is 6.15. The van der Waals surface area contributed by atoms with E-state index in [-0.39, 0.29) is 18.1 Å². The monoisotopic (exact) mass is 454 g/mol. The second-order valence-corrected chi connectivity index (χ2v) is 8.06. The maximum absolute atomic E-state index is 13.3. The van der Waals surface area contributed by atoms with Crippen molar-refractivity contribution >= 4 is 46.0 Å². The summed E-state index contributed by atoms with van der Waals surface area (Å²) in [5.74, 6) is 0.305. The number of anilines is 1. The standard InChI is InChI=1S/C23H19ClN2O4S/c1-29-15-9-10-17(18(12-15)30-2)25-21-20(19-8-5-11-31-19)22(27)26(23(21)28)13-14-6-3-4-7-16(14)24/h3-12,25H,13H2,1-2H3. The van der Waals surface area contributed by atoms with Gasteiger partial charge in [0, 0.05) is 16.0 Å². The van der Waals surface area contributed by atoms with Crippen molar-refractivity contribution in [3.63, 3.8) is 0 Å². The van der Waals surface area contributed by atoms with Gasteiger partial charge in [-0.25, -0.2) is 0 Å². The molecule has 158 valence electrons. The topological polar surface area (TPSA) is 67.9 Å². The fourth-order valence-electron chi connectivity index (χ4n) is 3.32. The normalized spacial score (nSPS) is 13.7. The lowest BCUT2D eigenvalue weighted by Gasteiger charge is -2.17. The molecule has 1 N–H and O–H groups in total. The fraction of sp³-hybridized carbons (Fsp3) is 0.130. The van der Waals surface area contributed by atoms with Crippen LogP contribution in [-0.2, 0) is 16.1 Å². The summed E-state index contributed by atoms with van der Waals surface area (Å²) >= 11 is 7.66. The molecule has 1 aliphatic heterocycles. The molecule has 2 amide bonds. The van der Waals surface area contributed by atoms with E-state index in [1.807, 2.05) is 23.6 Å². The number of hydrogen-bond acceptors (Lipinski definition) is 6. The molecule has 4 rings (SSSR count). The van der Waals surface area contributed by atoms with Crippen molar-refractivity contribution in [1.29, 1.82) is 0 Å². The number of benzene rings is 2. The first-order chi connectivity index (χ1) is 15.0. The van der Waals surface area contributed by atoms with Gasteiger partial charge in [-0.15, -0.1) is 11.3 Å². The number of amides is 2. The number of nitrogens with one attached hydrogen (secondary N) is 1. The van der Waals surface area contributed by atoms with E-state index in [9.17, 15) is 9.59 Å². The van der Waals surface area contributed by atoms with Crippen molar-refractivity contribution in [3.8, 4) is 11.5 Å². The van der Waals surface area contributed by atoms with E-state index in [1.54, 1.807) is 43.5 Å². The molecule has 6 nitrogen and oxygen atoms in total. The molecule has 1 aliphatic rings. The van der Waals surface area contributed by atoms with Crippen molar-refractivity contribution in [2.75, 3.05) is 19.5 Å². The average Bonchev–Trinajstić information content (AvgIpc) is 3.38. The summed E-state index contributed by atoms with van der Waals surface area (Å²) in [4.78, 5) is 28.6. The predicted octanol–water partition coefficient (Wildman–Crippen LogP) is 4.81. The number of thiophene rings is 1. The second kappa shape index (κ2) is 8.83. The van der Waals surface area contributed by atoms with E-state index in [4.69, 9.17) is 21.1 Å². The molecule has 0 atom stereocenters. The van der Waals surface area contributed by atoms with Crippen LogP contribution >= 0.6 is 22.9 Å². The number of nitrogens with zero attached hydrogens (tertiary/aromatic N) is 1. The van der Waals surface area contributed by atoms with Gasteiger partial charge in [-0.3, -0.25) is 14.5 Å². The molecule has 1 aromatic heterocycles. The second-order valence-electron chi connectivity index (χ2n) is 6.71. The number of rotatable bonds is 7. The van der Waals surface area contributed by atoms with Crippen LogP contribution in [0.2, 0.25) is 5.02 Å². The highest BCUT2D eigenvalue weighted by Gasteiger charge is 2.40. The third kappa shape index (κ3) is 4.02. The smallest absolute Gasteiger partial charge is 0.278 e. The SMILES string of the molecule is COc1ccc(NC2=C(c3cccs3)C(=O)N(Cc3ccccc3Cl)C2=O)c(OC)c1. The fourth-order valence-corrected chi connectivity index (χ4v) is 4.28. The van der Waals surface area contributed by atoms with Gasteiger partial charge in [-0.05, 0) is 35.2 Å². The Morgan fingerprint density at radius 1 is 1.00 bits per heavy atom. The Balaban J connectivity index is 1.74. The zero-order valence-corrected chi connectivity index (χ0v) is 18.4. The van der Waals surface area contributed by atoms with Gasteiger partial charge in [0.1, 0.15) is 17.2 Å². The molecule has 0 bridgehead atoms. The van der Waals surface area contributed by atoms with Crippen molar-refractivity contribution in [3.05, 3.63) is 81.1 Å². The number of carbonyl (C=O) groups is 2. The van der Waals surface area contributed by atoms with Gasteiger partial charge < -0.3 is 14.8 Å². The van der Waals surface area contributed by atoms with Gasteiger partial charge in [-0.1, -0.05) is 35.9 Å². The van der Waals surface area contributed by atoms with Crippen LogP contribution in [0, 0.1) is 0 Å². The highest BCUT2D eigenvalue weighted by molar-refractivity contribution is 7.11. The first kappa shape index (κ1) is 21.0. The molecule has 2 heterocycles. The lowest BCUT2D eigenvalue weighted by molar-refractivity contribution is -0.137. The summed E-state index contributed by atoms with van der Waals surface area (Å²) in [6.45, 7) is 0.0805. The Labute approximate surface area is 188 Å². The Morgan fingerprint density at radius 2 is 1.81 bits per heavy atom. The molecule has 0 saturated heterocycles. The zero-order chi connectivity index (χ0) is 22.0. The molecule has 0 aliphatic carbocycles. The van der Waals surface area contributed by atoms with E-state index in [0.717, 1.165) is 0 Å². The van der Waals surface area contributed by atoms with Crippen LogP contribution in [0.15, 0.2) is 65.7 Å². The molecule has 0 saturated carbocycles. The van der Waals surface area contributed by atoms with Gasteiger partial charge in [0.2, 0.25) is 0 Å². The Hall–Kier alpha value is -3.29. The van der Waals surface area contributed by atoms with Crippen LogP contribution < -0.4 is 14.8 Å². The summed E-state index contributed by atoms with van der Waals surface area (Å²) in [5.41, 5.74) is 1.76. The highest BCUT2D eigenvalue weighted by Crippen LogP contribution is 2.37. The molecule has 2 aromatic carbocycles. The molecule has 0 spiro atoms. The Bertz CT molecular complexity index is 1170. The number of imide groups is 1. The molecular weight excluding hydrogens is 436 g/mol. The minimum Gasteiger partial charge on any atom is -0.497 e. The largest absolute Gasteiger partial charge is 0.497 e. The van der Waals surface area contributed by atoms with E-state index < -0.39 is 5.91 Å². The summed E-state index contributed by atoms with van der Waals surface area (Å²) < 4.78 is 10.7. The minimum absolute atomic E-state index is 0.0805. The first-order valence-corrected chi connectivity index (χ1v) is 10.7. The maximum atomic E-state index is 13.3. The predicted molar refractivity (Wildman–Crippen MR) is 121 cm³/mol. The molecule has 0 unspecified atom stereocenters. The third-order valence-electron chi connectivity index (χ3n) is 4.89. The molecular formula is C23H19ClN2O4S. The molecule has 0 fully saturated rings. The van der Waals surface area contributed by atoms with Crippen molar-refractivity contribution in [2.24, 2.45) is 0 Å². The van der Waals surface area contributed by atoms with Gasteiger partial charge >= 0.3 is 0 Å². The summed E-state index contributed by atoms with van der Waals surface area (Å²) in [7, 11) is 3.09. The Morgan fingerprint density at radius 3 is 2.48 bits per heavy atom. The minimum atomic E-state index is -0.425. The van der Waals surface area contributed by atoms with Crippen LogP contribution in [0.5, 0.6) is 11.5 Å². The van der Waals surface area contributed by atoms with E-state index >= 15 is 0 Å². The lowest BCUT2D eigenvalue weighted by Crippen LogP contribution is -2.32.